The van der Waals surface area contributed by atoms with Crippen LogP contribution in [-0.2, 0) is 11.2 Å². The first-order valence-corrected chi connectivity index (χ1v) is 8.54. The highest BCUT2D eigenvalue weighted by molar-refractivity contribution is 6.35. The zero-order valence-electron chi connectivity index (χ0n) is 12.7. The number of nitrogens with one attached hydrogen (secondary N) is 1. The zero-order valence-corrected chi connectivity index (χ0v) is 14.2. The molecule has 1 aliphatic carbocycles. The van der Waals surface area contributed by atoms with Crippen LogP contribution >= 0.6 is 23.2 Å². The van der Waals surface area contributed by atoms with E-state index in [1.807, 2.05) is 18.2 Å². The molecule has 2 fully saturated rings. The van der Waals surface area contributed by atoms with Crippen LogP contribution in [0.4, 0.5) is 0 Å². The molecule has 2 nitrogen and oxygen atoms in total. The van der Waals surface area contributed by atoms with Gasteiger partial charge < -0.3 is 10.1 Å². The van der Waals surface area contributed by atoms with Gasteiger partial charge in [-0.15, -0.1) is 0 Å². The van der Waals surface area contributed by atoms with Gasteiger partial charge in [0, 0.05) is 34.0 Å². The molecule has 1 saturated carbocycles. The van der Waals surface area contributed by atoms with Crippen LogP contribution in [0.5, 0.6) is 0 Å². The lowest BCUT2D eigenvalue weighted by Crippen LogP contribution is -2.69. The van der Waals surface area contributed by atoms with Crippen molar-refractivity contribution in [3.63, 3.8) is 0 Å². The molecule has 0 bridgehead atoms. The Balaban J connectivity index is 1.55. The van der Waals surface area contributed by atoms with Gasteiger partial charge in [-0.2, -0.15) is 0 Å². The molecule has 116 valence electrons. The van der Waals surface area contributed by atoms with E-state index in [0.29, 0.717) is 23.1 Å². The molecule has 0 amide bonds. The number of hydrogen-bond acceptors (Lipinski definition) is 2. The average Bonchev–Trinajstić information content (AvgIpc) is 2.45. The Morgan fingerprint density at radius 2 is 2.14 bits per heavy atom. The minimum absolute atomic E-state index is 0.231. The Morgan fingerprint density at radius 3 is 2.90 bits per heavy atom. The fraction of sp³-hybridized carbons (Fsp3) is 0.647. The van der Waals surface area contributed by atoms with Gasteiger partial charge in [-0.05, 0) is 43.5 Å². The van der Waals surface area contributed by atoms with Gasteiger partial charge in [-0.3, -0.25) is 0 Å². The van der Waals surface area contributed by atoms with Crippen molar-refractivity contribution in [1.82, 2.24) is 5.32 Å². The highest BCUT2D eigenvalue weighted by Crippen LogP contribution is 2.51. The summed E-state index contributed by atoms with van der Waals surface area (Å²) in [4.78, 5) is 0. The normalized spacial score (nSPS) is 30.6. The molecule has 3 unspecified atom stereocenters. The smallest absolute Gasteiger partial charge is 0.0684 e. The van der Waals surface area contributed by atoms with Crippen molar-refractivity contribution in [3.8, 4) is 0 Å². The van der Waals surface area contributed by atoms with E-state index in [9.17, 15) is 0 Å². The van der Waals surface area contributed by atoms with Gasteiger partial charge in [0.15, 0.2) is 0 Å². The first kappa shape index (κ1) is 15.6. The van der Waals surface area contributed by atoms with E-state index in [2.05, 4.69) is 19.2 Å². The van der Waals surface area contributed by atoms with Crippen LogP contribution in [0.1, 0.15) is 32.3 Å². The number of rotatable bonds is 4. The summed E-state index contributed by atoms with van der Waals surface area (Å²) in [7, 11) is 0. The van der Waals surface area contributed by atoms with Gasteiger partial charge in [0.25, 0.3) is 0 Å². The van der Waals surface area contributed by atoms with E-state index >= 15 is 0 Å². The molecule has 3 rings (SSSR count). The number of halogens is 2. The lowest BCUT2D eigenvalue weighted by Gasteiger charge is -2.60. The summed E-state index contributed by atoms with van der Waals surface area (Å²) in [5, 5.41) is 5.18. The Kier molecular flexibility index (Phi) is 4.52. The number of hydrogen-bond donors (Lipinski definition) is 1. The van der Waals surface area contributed by atoms with Crippen LogP contribution in [0, 0.1) is 11.3 Å². The van der Waals surface area contributed by atoms with Crippen molar-refractivity contribution in [2.75, 3.05) is 13.2 Å². The molecule has 21 heavy (non-hydrogen) atoms. The highest BCUT2D eigenvalue weighted by Gasteiger charge is 2.57. The molecule has 1 aliphatic heterocycles. The van der Waals surface area contributed by atoms with Crippen molar-refractivity contribution in [2.45, 2.75) is 45.3 Å². The lowest BCUT2D eigenvalue weighted by molar-refractivity contribution is -0.192. The molecule has 3 atom stereocenters. The van der Waals surface area contributed by atoms with Gasteiger partial charge in [-0.25, -0.2) is 0 Å². The van der Waals surface area contributed by atoms with Crippen molar-refractivity contribution in [2.24, 2.45) is 11.3 Å². The third-order valence-corrected chi connectivity index (χ3v) is 5.69. The molecular weight excluding hydrogens is 305 g/mol. The average molecular weight is 328 g/mol. The minimum Gasteiger partial charge on any atom is -0.377 e. The van der Waals surface area contributed by atoms with Crippen molar-refractivity contribution in [1.29, 1.82) is 0 Å². The first-order chi connectivity index (χ1) is 10.00. The second-order valence-corrected chi connectivity index (χ2v) is 7.68. The molecule has 2 aliphatic rings. The van der Waals surface area contributed by atoms with E-state index in [1.54, 1.807) is 0 Å². The maximum Gasteiger partial charge on any atom is 0.0684 e. The van der Waals surface area contributed by atoms with Gasteiger partial charge in [-0.1, -0.05) is 43.1 Å². The Bertz CT molecular complexity index is 518. The van der Waals surface area contributed by atoms with Gasteiger partial charge in [0.2, 0.25) is 0 Å². The summed E-state index contributed by atoms with van der Waals surface area (Å²) < 4.78 is 5.94. The molecule has 1 aromatic rings. The fourth-order valence-corrected chi connectivity index (χ4v) is 4.53. The van der Waals surface area contributed by atoms with Crippen LogP contribution in [0.2, 0.25) is 10.0 Å². The number of benzene rings is 1. The third kappa shape index (κ3) is 2.96. The number of ether oxygens (including phenoxy) is 1. The standard InChI is InChI=1S/C17H23Cl2NO/c1-17(2)15(13-4-3-9-21-16(13)17)20-8-7-11-5-6-12(18)10-14(11)19/h5-6,10,13,15-16,20H,3-4,7-9H2,1-2H3. The van der Waals surface area contributed by atoms with Crippen LogP contribution in [0.3, 0.4) is 0 Å². The molecule has 1 saturated heterocycles. The van der Waals surface area contributed by atoms with Crippen LogP contribution < -0.4 is 5.32 Å². The maximum absolute atomic E-state index is 6.23. The van der Waals surface area contributed by atoms with E-state index < -0.39 is 0 Å². The molecule has 1 heterocycles. The topological polar surface area (TPSA) is 21.3 Å². The first-order valence-electron chi connectivity index (χ1n) is 7.79. The fourth-order valence-electron chi connectivity index (χ4n) is 4.02. The third-order valence-electron chi connectivity index (χ3n) is 5.10. The second kappa shape index (κ2) is 6.08. The van der Waals surface area contributed by atoms with Crippen molar-refractivity contribution in [3.05, 3.63) is 33.8 Å². The Labute approximate surface area is 137 Å². The molecule has 0 radical (unpaired) electrons. The largest absolute Gasteiger partial charge is 0.377 e. The van der Waals surface area contributed by atoms with E-state index in [0.717, 1.165) is 30.2 Å². The second-order valence-electron chi connectivity index (χ2n) is 6.84. The number of fused-ring (bicyclic) bond motifs is 1. The predicted octanol–water partition coefficient (Wildman–Crippen LogP) is 4.33. The highest BCUT2D eigenvalue weighted by atomic mass is 35.5. The molecule has 0 aromatic heterocycles. The molecule has 0 spiro atoms. The SMILES string of the molecule is CC1(C)C(NCCc2ccc(Cl)cc2Cl)C2CCCOC21. The van der Waals surface area contributed by atoms with E-state index in [4.69, 9.17) is 27.9 Å². The maximum atomic E-state index is 6.23. The van der Waals surface area contributed by atoms with Crippen molar-refractivity contribution >= 4 is 23.2 Å². The van der Waals surface area contributed by atoms with Gasteiger partial charge >= 0.3 is 0 Å². The minimum atomic E-state index is 0.231. The summed E-state index contributed by atoms with van der Waals surface area (Å²) in [6, 6.07) is 6.29. The quantitative estimate of drug-likeness (QED) is 0.888. The lowest BCUT2D eigenvalue weighted by atomic mass is 9.55. The Morgan fingerprint density at radius 1 is 1.33 bits per heavy atom. The molecule has 4 heteroatoms. The molecular formula is C17H23Cl2NO. The summed E-state index contributed by atoms with van der Waals surface area (Å²) in [6.45, 7) is 6.50. The summed E-state index contributed by atoms with van der Waals surface area (Å²) >= 11 is 12.2. The summed E-state index contributed by atoms with van der Waals surface area (Å²) in [6.07, 6.45) is 3.84. The van der Waals surface area contributed by atoms with E-state index in [-0.39, 0.29) is 5.41 Å². The predicted molar refractivity (Wildman–Crippen MR) is 88.2 cm³/mol. The van der Waals surface area contributed by atoms with Crippen molar-refractivity contribution < 1.29 is 4.74 Å². The summed E-state index contributed by atoms with van der Waals surface area (Å²) in [5.41, 5.74) is 1.39. The van der Waals surface area contributed by atoms with E-state index in [1.165, 1.54) is 12.8 Å². The summed E-state index contributed by atoms with van der Waals surface area (Å²) in [5.74, 6) is 0.675. The van der Waals surface area contributed by atoms with Gasteiger partial charge in [0.1, 0.15) is 0 Å². The molecule has 1 aromatic carbocycles. The van der Waals surface area contributed by atoms with Gasteiger partial charge in [0.05, 0.1) is 6.10 Å². The molecule has 1 N–H and O–H groups in total. The van der Waals surface area contributed by atoms with Crippen LogP contribution in [0.15, 0.2) is 18.2 Å². The Hall–Kier alpha value is -0.280. The van der Waals surface area contributed by atoms with Crippen LogP contribution in [0.25, 0.3) is 0 Å². The van der Waals surface area contributed by atoms with Crippen LogP contribution in [-0.4, -0.2) is 25.3 Å². The monoisotopic (exact) mass is 327 g/mol. The zero-order chi connectivity index (χ0) is 15.0.